The number of carbonyl (C=O) groups excluding carboxylic acids is 1. The van der Waals surface area contributed by atoms with Gasteiger partial charge in [0.1, 0.15) is 17.3 Å². The first-order chi connectivity index (χ1) is 14.6. The maximum atomic E-state index is 13.7. The second kappa shape index (κ2) is 9.21. The fraction of sp³-hybridized carbons (Fsp3) is 0.500. The van der Waals surface area contributed by atoms with E-state index in [-0.39, 0.29) is 27.7 Å². The Hall–Kier alpha value is -2.68. The van der Waals surface area contributed by atoms with Gasteiger partial charge in [-0.05, 0) is 43.0 Å². The Bertz CT molecular complexity index is 946. The number of alkyl halides is 3. The molecule has 1 aliphatic heterocycles. The number of rotatable bonds is 6. The molecule has 1 saturated heterocycles. The van der Waals surface area contributed by atoms with Crippen molar-refractivity contribution in [2.45, 2.75) is 51.9 Å². The zero-order valence-electron chi connectivity index (χ0n) is 17.9. The van der Waals surface area contributed by atoms with Crippen molar-refractivity contribution in [3.63, 3.8) is 0 Å². The van der Waals surface area contributed by atoms with Crippen LogP contribution in [0.4, 0.5) is 24.8 Å². The van der Waals surface area contributed by atoms with Gasteiger partial charge in [-0.1, -0.05) is 20.8 Å². The number of piperazine rings is 1. The van der Waals surface area contributed by atoms with Crippen LogP contribution in [0.25, 0.3) is 0 Å². The molecule has 0 radical (unpaired) electrons. The SMILES string of the molecule is CC[C@@H]1CN(c2ccc(C(F)(F)F)c(C(=O)c3cccnc3N)n2)C[C@H](CC(C)C)N1.[HH].[HH].[HH]. The van der Waals surface area contributed by atoms with Crippen molar-refractivity contribution in [3.8, 4) is 0 Å². The van der Waals surface area contributed by atoms with Crippen LogP contribution in [-0.4, -0.2) is 40.9 Å². The summed E-state index contributed by atoms with van der Waals surface area (Å²) in [4.78, 5) is 23.0. The molecule has 1 aliphatic rings. The fourth-order valence-corrected chi connectivity index (χ4v) is 3.95. The van der Waals surface area contributed by atoms with E-state index in [0.29, 0.717) is 24.8 Å². The molecule has 0 aliphatic carbocycles. The zero-order valence-corrected chi connectivity index (χ0v) is 17.9. The second-order valence-corrected chi connectivity index (χ2v) is 8.33. The number of carbonyl (C=O) groups is 1. The van der Waals surface area contributed by atoms with Crippen molar-refractivity contribution in [3.05, 3.63) is 47.3 Å². The molecule has 2 aromatic rings. The van der Waals surface area contributed by atoms with E-state index in [2.05, 4.69) is 36.1 Å². The molecule has 0 aromatic carbocycles. The van der Waals surface area contributed by atoms with E-state index in [9.17, 15) is 18.0 Å². The van der Waals surface area contributed by atoms with Gasteiger partial charge in [-0.25, -0.2) is 9.97 Å². The van der Waals surface area contributed by atoms with E-state index < -0.39 is 23.2 Å². The van der Waals surface area contributed by atoms with Crippen molar-refractivity contribution in [1.29, 1.82) is 0 Å². The summed E-state index contributed by atoms with van der Waals surface area (Å²) in [6, 6.07) is 5.47. The first kappa shape index (κ1) is 23.0. The first-order valence-corrected chi connectivity index (χ1v) is 10.4. The smallest absolute Gasteiger partial charge is 0.383 e. The summed E-state index contributed by atoms with van der Waals surface area (Å²) in [6.07, 6.45) is -1.53. The molecule has 2 aromatic heterocycles. The summed E-state index contributed by atoms with van der Waals surface area (Å²) in [5.41, 5.74) is 3.91. The lowest BCUT2D eigenvalue weighted by Gasteiger charge is -2.40. The monoisotopic (exact) mass is 441 g/mol. The maximum Gasteiger partial charge on any atom is 0.418 e. The van der Waals surface area contributed by atoms with Crippen molar-refractivity contribution >= 4 is 17.4 Å². The molecule has 0 bridgehead atoms. The number of halogens is 3. The van der Waals surface area contributed by atoms with Gasteiger partial charge in [0.15, 0.2) is 0 Å². The lowest BCUT2D eigenvalue weighted by molar-refractivity contribution is -0.138. The van der Waals surface area contributed by atoms with Gasteiger partial charge in [0, 0.05) is 35.6 Å². The van der Waals surface area contributed by atoms with Gasteiger partial charge in [0.05, 0.1) is 11.1 Å². The largest absolute Gasteiger partial charge is 0.418 e. The van der Waals surface area contributed by atoms with E-state index in [4.69, 9.17) is 5.73 Å². The number of pyridine rings is 2. The van der Waals surface area contributed by atoms with Crippen LogP contribution in [0, 0.1) is 5.92 Å². The molecule has 3 rings (SSSR count). The lowest BCUT2D eigenvalue weighted by atomic mass is 9.98. The van der Waals surface area contributed by atoms with Crippen LogP contribution < -0.4 is 16.0 Å². The van der Waals surface area contributed by atoms with Crippen molar-refractivity contribution in [1.82, 2.24) is 15.3 Å². The third-order valence-corrected chi connectivity index (χ3v) is 5.41. The lowest BCUT2D eigenvalue weighted by Crippen LogP contribution is -2.57. The van der Waals surface area contributed by atoms with Crippen molar-refractivity contribution in [2.75, 3.05) is 23.7 Å². The highest BCUT2D eigenvalue weighted by molar-refractivity contribution is 6.11. The number of hydrogen-bond donors (Lipinski definition) is 2. The summed E-state index contributed by atoms with van der Waals surface area (Å²) >= 11 is 0. The van der Waals surface area contributed by atoms with E-state index in [1.165, 1.54) is 24.4 Å². The molecule has 3 heterocycles. The predicted octanol–water partition coefficient (Wildman–Crippen LogP) is 4.65. The van der Waals surface area contributed by atoms with Gasteiger partial charge in [-0.3, -0.25) is 4.79 Å². The number of aromatic nitrogens is 2. The Labute approximate surface area is 184 Å². The Balaban J connectivity index is 0.00000363. The molecule has 0 spiro atoms. The quantitative estimate of drug-likeness (QED) is 0.635. The van der Waals surface area contributed by atoms with Gasteiger partial charge >= 0.3 is 6.18 Å². The maximum absolute atomic E-state index is 13.7. The van der Waals surface area contributed by atoms with Crippen molar-refractivity contribution < 1.29 is 22.2 Å². The van der Waals surface area contributed by atoms with Crippen LogP contribution in [0.1, 0.15) is 59.5 Å². The Kier molecular flexibility index (Phi) is 6.83. The first-order valence-electron chi connectivity index (χ1n) is 10.4. The Morgan fingerprint density at radius 3 is 2.61 bits per heavy atom. The van der Waals surface area contributed by atoms with E-state index >= 15 is 0 Å². The molecular weight excluding hydrogens is 407 g/mol. The van der Waals surface area contributed by atoms with Crippen LogP contribution in [0.3, 0.4) is 0 Å². The van der Waals surface area contributed by atoms with Gasteiger partial charge < -0.3 is 16.0 Å². The molecule has 9 heteroatoms. The minimum atomic E-state index is -4.72. The van der Waals surface area contributed by atoms with Gasteiger partial charge in [0.25, 0.3) is 0 Å². The van der Waals surface area contributed by atoms with Gasteiger partial charge in [0.2, 0.25) is 5.78 Å². The average Bonchev–Trinajstić information content (AvgIpc) is 2.71. The number of nitrogens with two attached hydrogens (primary N) is 1. The molecule has 174 valence electrons. The minimum Gasteiger partial charge on any atom is -0.383 e. The molecular formula is C22H34F3N5O. The molecule has 0 saturated carbocycles. The van der Waals surface area contributed by atoms with Gasteiger partial charge in [-0.2, -0.15) is 13.2 Å². The Morgan fingerprint density at radius 1 is 1.29 bits per heavy atom. The predicted molar refractivity (Wildman–Crippen MR) is 120 cm³/mol. The minimum absolute atomic E-state index is 0. The molecule has 1 fully saturated rings. The number of anilines is 2. The highest BCUT2D eigenvalue weighted by Gasteiger charge is 2.38. The fourth-order valence-electron chi connectivity index (χ4n) is 3.95. The molecule has 2 atom stereocenters. The standard InChI is InChI=1S/C22H28F3N5O.3H2/c1-4-14-11-30(12-15(28-14)10-13(2)3)18-8-7-17(22(23,24)25)19(29-18)20(31)16-6-5-9-27-21(16)26;;;/h5-9,13-15,28H,4,10-12H2,1-3H3,(H2,26,27);3*1H/t14-,15+;;;/m1.../s1. The molecule has 0 amide bonds. The van der Waals surface area contributed by atoms with Crippen LogP contribution in [0.15, 0.2) is 30.5 Å². The van der Waals surface area contributed by atoms with Crippen LogP contribution in [0.2, 0.25) is 0 Å². The summed E-state index contributed by atoms with van der Waals surface area (Å²) in [6.45, 7) is 7.54. The molecule has 0 unspecified atom stereocenters. The Morgan fingerprint density at radius 2 is 2.00 bits per heavy atom. The van der Waals surface area contributed by atoms with E-state index in [1.807, 2.05) is 4.90 Å². The number of nitrogen functional groups attached to an aromatic ring is 1. The topological polar surface area (TPSA) is 84.1 Å². The normalized spacial score (nSPS) is 19.6. The van der Waals surface area contributed by atoms with Crippen LogP contribution in [0.5, 0.6) is 0 Å². The third kappa shape index (κ3) is 5.33. The number of ketones is 1. The summed E-state index contributed by atoms with van der Waals surface area (Å²) < 4.78 is 41.0. The number of hydrogen-bond acceptors (Lipinski definition) is 6. The third-order valence-electron chi connectivity index (χ3n) is 5.41. The summed E-state index contributed by atoms with van der Waals surface area (Å²) in [7, 11) is 0. The highest BCUT2D eigenvalue weighted by atomic mass is 19.4. The van der Waals surface area contributed by atoms with Crippen LogP contribution >= 0.6 is 0 Å². The molecule has 6 nitrogen and oxygen atoms in total. The van der Waals surface area contributed by atoms with Crippen LogP contribution in [-0.2, 0) is 6.18 Å². The average molecular weight is 442 g/mol. The van der Waals surface area contributed by atoms with Crippen molar-refractivity contribution in [2.24, 2.45) is 5.92 Å². The number of nitrogens with one attached hydrogen (secondary N) is 1. The zero-order chi connectivity index (χ0) is 22.8. The summed E-state index contributed by atoms with van der Waals surface area (Å²) in [5.74, 6) is -0.188. The van der Waals surface area contributed by atoms with Gasteiger partial charge in [-0.15, -0.1) is 0 Å². The molecule has 31 heavy (non-hydrogen) atoms. The highest BCUT2D eigenvalue weighted by Crippen LogP contribution is 2.34. The number of nitrogens with zero attached hydrogens (tertiary/aromatic N) is 3. The van der Waals surface area contributed by atoms with E-state index in [0.717, 1.165) is 18.9 Å². The molecule has 3 N–H and O–H groups in total. The second-order valence-electron chi connectivity index (χ2n) is 8.33. The summed E-state index contributed by atoms with van der Waals surface area (Å²) in [5, 5.41) is 3.60. The van der Waals surface area contributed by atoms with E-state index in [1.54, 1.807) is 0 Å².